The molecule has 0 aliphatic heterocycles. The summed E-state index contributed by atoms with van der Waals surface area (Å²) in [5.41, 5.74) is 2.95. The van der Waals surface area contributed by atoms with Crippen LogP contribution in [0.15, 0.2) is 35.8 Å². The van der Waals surface area contributed by atoms with Gasteiger partial charge in [0.2, 0.25) is 0 Å². The molecule has 3 rings (SSSR count). The Morgan fingerprint density at radius 3 is 2.58 bits per heavy atom. The minimum Gasteiger partial charge on any atom is -0.361 e. The number of nitrogens with zero attached hydrogens (tertiary/aromatic N) is 4. The predicted molar refractivity (Wildman–Crippen MR) is 107 cm³/mol. The van der Waals surface area contributed by atoms with Gasteiger partial charge < -0.3 is 5.32 Å². The quantitative estimate of drug-likeness (QED) is 0.685. The maximum Gasteiger partial charge on any atom is 0.180 e. The average molecular weight is 368 g/mol. The lowest BCUT2D eigenvalue weighted by Crippen LogP contribution is -2.13. The van der Waals surface area contributed by atoms with E-state index in [9.17, 15) is 0 Å². The van der Waals surface area contributed by atoms with E-state index in [0.717, 1.165) is 34.3 Å². The van der Waals surface area contributed by atoms with Gasteiger partial charge >= 0.3 is 0 Å². The SMILES string of the molecule is CCc1cc(NC(C)c2nc(C(C)(C)C)cs2)nc(-c2ccccn2)n1. The minimum atomic E-state index is 0.0604. The lowest BCUT2D eigenvalue weighted by atomic mass is 9.93. The highest BCUT2D eigenvalue weighted by molar-refractivity contribution is 7.09. The highest BCUT2D eigenvalue weighted by atomic mass is 32.1. The number of pyridine rings is 1. The van der Waals surface area contributed by atoms with Gasteiger partial charge in [0.1, 0.15) is 16.5 Å². The summed E-state index contributed by atoms with van der Waals surface area (Å²) in [6, 6.07) is 7.85. The third-order valence-electron chi connectivity index (χ3n) is 4.06. The number of nitrogens with one attached hydrogen (secondary N) is 1. The maximum absolute atomic E-state index is 4.80. The number of thiazole rings is 1. The molecule has 0 fully saturated rings. The van der Waals surface area contributed by atoms with Crippen molar-refractivity contribution in [2.24, 2.45) is 0 Å². The molecule has 0 saturated heterocycles. The van der Waals surface area contributed by atoms with E-state index in [2.05, 4.69) is 60.3 Å². The van der Waals surface area contributed by atoms with Crippen LogP contribution in [0.25, 0.3) is 11.5 Å². The molecule has 1 atom stereocenters. The molecule has 0 amide bonds. The normalized spacial score (nSPS) is 12.8. The summed E-state index contributed by atoms with van der Waals surface area (Å²) in [6.45, 7) is 10.7. The molecule has 136 valence electrons. The van der Waals surface area contributed by atoms with Gasteiger partial charge in [-0.25, -0.2) is 15.0 Å². The van der Waals surface area contributed by atoms with Crippen LogP contribution >= 0.6 is 11.3 Å². The number of aryl methyl sites for hydroxylation is 1. The topological polar surface area (TPSA) is 63.6 Å². The molecule has 0 aliphatic carbocycles. The molecule has 3 aromatic heterocycles. The van der Waals surface area contributed by atoms with Crippen LogP contribution in [0.2, 0.25) is 0 Å². The number of rotatable bonds is 5. The van der Waals surface area contributed by atoms with E-state index < -0.39 is 0 Å². The molecule has 0 bridgehead atoms. The molecule has 3 heterocycles. The Morgan fingerprint density at radius 2 is 1.96 bits per heavy atom. The first-order valence-corrected chi connectivity index (χ1v) is 9.76. The Hall–Kier alpha value is -2.34. The van der Waals surface area contributed by atoms with Crippen molar-refractivity contribution in [2.75, 3.05) is 5.32 Å². The Labute approximate surface area is 159 Å². The van der Waals surface area contributed by atoms with E-state index in [1.807, 2.05) is 24.3 Å². The van der Waals surface area contributed by atoms with E-state index in [1.54, 1.807) is 17.5 Å². The second-order valence-electron chi connectivity index (χ2n) is 7.32. The van der Waals surface area contributed by atoms with Gasteiger partial charge in [-0.3, -0.25) is 4.98 Å². The lowest BCUT2D eigenvalue weighted by molar-refractivity contribution is 0.569. The standard InChI is InChI=1S/C20H25N5S/c1-6-14-11-17(25-18(23-14)15-9-7-8-10-21-15)22-13(2)19-24-16(12-26-19)20(3,4)5/h7-13H,6H2,1-5H3,(H,22,23,25). The number of hydrogen-bond acceptors (Lipinski definition) is 6. The van der Waals surface area contributed by atoms with Gasteiger partial charge in [-0.2, -0.15) is 0 Å². The molecule has 26 heavy (non-hydrogen) atoms. The predicted octanol–water partition coefficient (Wildman–Crippen LogP) is 5.03. The molecule has 0 radical (unpaired) electrons. The van der Waals surface area contributed by atoms with Gasteiger partial charge in [0.15, 0.2) is 5.82 Å². The van der Waals surface area contributed by atoms with Crippen molar-refractivity contribution in [3.8, 4) is 11.5 Å². The van der Waals surface area contributed by atoms with Crippen LogP contribution in [-0.4, -0.2) is 19.9 Å². The maximum atomic E-state index is 4.80. The zero-order valence-corrected chi connectivity index (χ0v) is 16.8. The van der Waals surface area contributed by atoms with Crippen LogP contribution in [-0.2, 0) is 11.8 Å². The van der Waals surface area contributed by atoms with E-state index in [1.165, 1.54) is 0 Å². The molecule has 1 unspecified atom stereocenters. The smallest absolute Gasteiger partial charge is 0.180 e. The van der Waals surface area contributed by atoms with Crippen molar-refractivity contribution in [2.45, 2.75) is 52.5 Å². The van der Waals surface area contributed by atoms with Gasteiger partial charge in [0.25, 0.3) is 0 Å². The minimum absolute atomic E-state index is 0.0604. The Bertz CT molecular complexity index is 867. The fourth-order valence-corrected chi connectivity index (χ4v) is 3.53. The summed E-state index contributed by atoms with van der Waals surface area (Å²) in [5.74, 6) is 1.45. The molecule has 3 aromatic rings. The van der Waals surface area contributed by atoms with Crippen LogP contribution in [0.1, 0.15) is 57.1 Å². The van der Waals surface area contributed by atoms with E-state index >= 15 is 0 Å². The van der Waals surface area contributed by atoms with Crippen molar-refractivity contribution in [3.05, 3.63) is 52.2 Å². The van der Waals surface area contributed by atoms with Gasteiger partial charge in [0, 0.05) is 28.8 Å². The van der Waals surface area contributed by atoms with Crippen LogP contribution in [0.5, 0.6) is 0 Å². The summed E-state index contributed by atoms with van der Waals surface area (Å²) in [4.78, 5) is 18.4. The van der Waals surface area contributed by atoms with Gasteiger partial charge in [-0.05, 0) is 25.5 Å². The van der Waals surface area contributed by atoms with E-state index in [-0.39, 0.29) is 11.5 Å². The van der Waals surface area contributed by atoms with Crippen LogP contribution < -0.4 is 5.32 Å². The largest absolute Gasteiger partial charge is 0.361 e. The Morgan fingerprint density at radius 1 is 1.15 bits per heavy atom. The van der Waals surface area contributed by atoms with Crippen molar-refractivity contribution in [1.82, 2.24) is 19.9 Å². The van der Waals surface area contributed by atoms with Crippen molar-refractivity contribution in [3.63, 3.8) is 0 Å². The second kappa shape index (κ2) is 7.50. The fourth-order valence-electron chi connectivity index (χ4n) is 2.48. The molecule has 0 aromatic carbocycles. The first-order valence-electron chi connectivity index (χ1n) is 8.88. The van der Waals surface area contributed by atoms with E-state index in [0.29, 0.717) is 5.82 Å². The molecular weight excluding hydrogens is 342 g/mol. The van der Waals surface area contributed by atoms with Crippen molar-refractivity contribution >= 4 is 17.2 Å². The third-order valence-corrected chi connectivity index (χ3v) is 5.09. The summed E-state index contributed by atoms with van der Waals surface area (Å²) >= 11 is 1.68. The molecule has 5 nitrogen and oxygen atoms in total. The summed E-state index contributed by atoms with van der Waals surface area (Å²) < 4.78 is 0. The van der Waals surface area contributed by atoms with Crippen LogP contribution in [0, 0.1) is 0 Å². The first-order chi connectivity index (χ1) is 12.4. The summed E-state index contributed by atoms with van der Waals surface area (Å²) in [5, 5.41) is 6.68. The van der Waals surface area contributed by atoms with Crippen LogP contribution in [0.4, 0.5) is 5.82 Å². The number of anilines is 1. The van der Waals surface area contributed by atoms with Crippen LogP contribution in [0.3, 0.4) is 0 Å². The second-order valence-corrected chi connectivity index (χ2v) is 8.21. The van der Waals surface area contributed by atoms with Gasteiger partial charge in [0.05, 0.1) is 11.7 Å². The number of hydrogen-bond donors (Lipinski definition) is 1. The van der Waals surface area contributed by atoms with Gasteiger partial charge in [-0.15, -0.1) is 11.3 Å². The molecule has 0 aliphatic rings. The molecule has 0 saturated carbocycles. The molecule has 0 spiro atoms. The first kappa shape index (κ1) is 18.5. The molecule has 6 heteroatoms. The highest BCUT2D eigenvalue weighted by Gasteiger charge is 2.20. The Balaban J connectivity index is 1.86. The fraction of sp³-hybridized carbons (Fsp3) is 0.400. The van der Waals surface area contributed by atoms with Crippen molar-refractivity contribution < 1.29 is 0 Å². The lowest BCUT2D eigenvalue weighted by Gasteiger charge is -2.16. The third kappa shape index (κ3) is 4.25. The molecule has 1 N–H and O–H groups in total. The Kier molecular flexibility index (Phi) is 5.32. The van der Waals surface area contributed by atoms with Gasteiger partial charge in [-0.1, -0.05) is 33.8 Å². The summed E-state index contributed by atoms with van der Waals surface area (Å²) in [7, 11) is 0. The number of aromatic nitrogens is 4. The van der Waals surface area contributed by atoms with Crippen molar-refractivity contribution in [1.29, 1.82) is 0 Å². The molecular formula is C20H25N5S. The zero-order chi connectivity index (χ0) is 18.7. The van der Waals surface area contributed by atoms with E-state index in [4.69, 9.17) is 4.98 Å². The summed E-state index contributed by atoms with van der Waals surface area (Å²) in [6.07, 6.45) is 2.60. The monoisotopic (exact) mass is 367 g/mol. The average Bonchev–Trinajstić information content (AvgIpc) is 3.13. The zero-order valence-electron chi connectivity index (χ0n) is 15.9. The highest BCUT2D eigenvalue weighted by Crippen LogP contribution is 2.28.